The molecule has 4 nitrogen and oxygen atoms in total. The zero-order chi connectivity index (χ0) is 14.0. The molecule has 0 fully saturated rings. The Morgan fingerprint density at radius 2 is 1.89 bits per heavy atom. The third-order valence-corrected chi connectivity index (χ3v) is 2.54. The summed E-state index contributed by atoms with van der Waals surface area (Å²) in [4.78, 5) is 0. The number of alkyl halides is 3. The highest BCUT2D eigenvalue weighted by Crippen LogP contribution is 2.31. The molecule has 1 aromatic heterocycles. The van der Waals surface area contributed by atoms with Crippen LogP contribution in [0, 0.1) is 0 Å². The van der Waals surface area contributed by atoms with Crippen molar-refractivity contribution in [3.63, 3.8) is 0 Å². The van der Waals surface area contributed by atoms with Crippen molar-refractivity contribution >= 4 is 0 Å². The summed E-state index contributed by atoms with van der Waals surface area (Å²) in [5, 5.41) is 12.4. The molecule has 2 rings (SSSR count). The zero-order valence-corrected chi connectivity index (χ0v) is 9.98. The molecule has 19 heavy (non-hydrogen) atoms. The van der Waals surface area contributed by atoms with Gasteiger partial charge in [0.25, 0.3) is 0 Å². The molecule has 102 valence electrons. The number of hydrogen-bond donors (Lipinski definition) is 1. The van der Waals surface area contributed by atoms with E-state index in [2.05, 4.69) is 5.10 Å². The van der Waals surface area contributed by atoms with Crippen LogP contribution in [0.3, 0.4) is 0 Å². The summed E-state index contributed by atoms with van der Waals surface area (Å²) in [5.74, 6) is -0.0101. The van der Waals surface area contributed by atoms with E-state index in [4.69, 9.17) is 9.84 Å². The van der Waals surface area contributed by atoms with Crippen LogP contribution in [0.2, 0.25) is 0 Å². The number of nitrogens with zero attached hydrogens (tertiary/aromatic N) is 2. The van der Waals surface area contributed by atoms with Gasteiger partial charge in [0.1, 0.15) is 0 Å². The van der Waals surface area contributed by atoms with Gasteiger partial charge in [0, 0.05) is 6.07 Å². The summed E-state index contributed by atoms with van der Waals surface area (Å²) in [7, 11) is 1.27. The van der Waals surface area contributed by atoms with Crippen molar-refractivity contribution in [2.75, 3.05) is 7.11 Å². The van der Waals surface area contributed by atoms with E-state index >= 15 is 0 Å². The van der Waals surface area contributed by atoms with Gasteiger partial charge in [-0.15, -0.1) is 0 Å². The van der Waals surface area contributed by atoms with Gasteiger partial charge in [0.2, 0.25) is 5.88 Å². The van der Waals surface area contributed by atoms with E-state index < -0.39 is 11.9 Å². The number of rotatable bonds is 3. The standard InChI is InChI=1S/C12H11F3N2O2/c1-19-11-6-10(12(13,14)15)16-17(11)9-4-2-8(7-18)3-5-9/h2-6,18H,7H2,1H3. The van der Waals surface area contributed by atoms with Gasteiger partial charge in [0.15, 0.2) is 5.69 Å². The molecule has 0 bridgehead atoms. The molecule has 0 spiro atoms. The Morgan fingerprint density at radius 3 is 2.37 bits per heavy atom. The molecule has 0 aliphatic rings. The van der Waals surface area contributed by atoms with Crippen LogP contribution in [-0.2, 0) is 12.8 Å². The van der Waals surface area contributed by atoms with Gasteiger partial charge in [-0.3, -0.25) is 0 Å². The lowest BCUT2D eigenvalue weighted by atomic mass is 10.2. The normalized spacial score (nSPS) is 11.6. The SMILES string of the molecule is COc1cc(C(F)(F)F)nn1-c1ccc(CO)cc1. The Labute approximate surface area is 107 Å². The molecule has 1 N–H and O–H groups in total. The zero-order valence-electron chi connectivity index (χ0n) is 9.98. The first-order valence-corrected chi connectivity index (χ1v) is 5.37. The van der Waals surface area contributed by atoms with Crippen LogP contribution in [0.15, 0.2) is 30.3 Å². The summed E-state index contributed by atoms with van der Waals surface area (Å²) in [6.07, 6.45) is -4.52. The minimum absolute atomic E-state index is 0.0101. The van der Waals surface area contributed by atoms with Gasteiger partial charge in [-0.1, -0.05) is 12.1 Å². The number of methoxy groups -OCH3 is 1. The highest BCUT2D eigenvalue weighted by Gasteiger charge is 2.35. The second-order valence-corrected chi connectivity index (χ2v) is 3.81. The largest absolute Gasteiger partial charge is 0.481 e. The summed E-state index contributed by atoms with van der Waals surface area (Å²) in [6.45, 7) is -0.135. The Balaban J connectivity index is 2.45. The molecule has 2 aromatic rings. The maximum Gasteiger partial charge on any atom is 0.435 e. The number of aliphatic hydroxyl groups excluding tert-OH is 1. The van der Waals surface area contributed by atoms with Gasteiger partial charge in [-0.2, -0.15) is 18.3 Å². The predicted octanol–water partition coefficient (Wildman–Crippen LogP) is 2.39. The van der Waals surface area contributed by atoms with Gasteiger partial charge in [-0.05, 0) is 17.7 Å². The second-order valence-electron chi connectivity index (χ2n) is 3.81. The fourth-order valence-electron chi connectivity index (χ4n) is 1.58. The van der Waals surface area contributed by atoms with Crippen molar-refractivity contribution in [3.05, 3.63) is 41.6 Å². The minimum Gasteiger partial charge on any atom is -0.481 e. The Hall–Kier alpha value is -2.02. The molecular formula is C12H11F3N2O2. The highest BCUT2D eigenvalue weighted by atomic mass is 19.4. The van der Waals surface area contributed by atoms with Crippen molar-refractivity contribution in [1.82, 2.24) is 9.78 Å². The quantitative estimate of drug-likeness (QED) is 0.933. The first kappa shape index (κ1) is 13.4. The third kappa shape index (κ3) is 2.70. The van der Waals surface area contributed by atoms with Crippen molar-refractivity contribution in [3.8, 4) is 11.6 Å². The molecule has 0 aliphatic carbocycles. The number of aliphatic hydroxyl groups is 1. The van der Waals surface area contributed by atoms with Gasteiger partial charge < -0.3 is 9.84 Å². The molecule has 1 aromatic carbocycles. The van der Waals surface area contributed by atoms with Crippen LogP contribution in [0.4, 0.5) is 13.2 Å². The maximum atomic E-state index is 12.6. The Bertz CT molecular complexity index is 561. The molecule has 0 aliphatic heterocycles. The predicted molar refractivity (Wildman–Crippen MR) is 61.0 cm³/mol. The monoisotopic (exact) mass is 272 g/mol. The molecule has 0 radical (unpaired) electrons. The fourth-order valence-corrected chi connectivity index (χ4v) is 1.58. The summed E-state index contributed by atoms with van der Waals surface area (Å²) in [6, 6.07) is 7.15. The smallest absolute Gasteiger partial charge is 0.435 e. The number of ether oxygens (including phenoxy) is 1. The maximum absolute atomic E-state index is 12.6. The van der Waals surface area contributed by atoms with E-state index in [0.717, 1.165) is 10.7 Å². The molecule has 0 saturated carbocycles. The second kappa shape index (κ2) is 4.93. The number of halogens is 3. The highest BCUT2D eigenvalue weighted by molar-refractivity contribution is 5.38. The topological polar surface area (TPSA) is 47.3 Å². The van der Waals surface area contributed by atoms with Crippen LogP contribution in [0.25, 0.3) is 5.69 Å². The van der Waals surface area contributed by atoms with Gasteiger partial charge >= 0.3 is 6.18 Å². The lowest BCUT2D eigenvalue weighted by Crippen LogP contribution is -2.07. The first-order chi connectivity index (χ1) is 8.95. The Kier molecular flexibility index (Phi) is 3.48. The molecule has 1 heterocycles. The van der Waals surface area contributed by atoms with E-state index in [1.807, 2.05) is 0 Å². The molecule has 0 unspecified atom stereocenters. The third-order valence-electron chi connectivity index (χ3n) is 2.54. The number of benzene rings is 1. The van der Waals surface area contributed by atoms with Crippen LogP contribution < -0.4 is 4.74 Å². The summed E-state index contributed by atoms with van der Waals surface area (Å²) >= 11 is 0. The van der Waals surface area contributed by atoms with Crippen molar-refractivity contribution in [1.29, 1.82) is 0 Å². The van der Waals surface area contributed by atoms with E-state index in [-0.39, 0.29) is 12.5 Å². The van der Waals surface area contributed by atoms with Crippen LogP contribution >= 0.6 is 0 Å². The first-order valence-electron chi connectivity index (χ1n) is 5.37. The van der Waals surface area contributed by atoms with Gasteiger partial charge in [-0.25, -0.2) is 4.68 Å². The van der Waals surface area contributed by atoms with E-state index in [1.165, 1.54) is 7.11 Å². The van der Waals surface area contributed by atoms with E-state index in [9.17, 15) is 13.2 Å². The number of hydrogen-bond acceptors (Lipinski definition) is 3. The summed E-state index contributed by atoms with van der Waals surface area (Å²) < 4.78 is 43.7. The number of aromatic nitrogens is 2. The lowest BCUT2D eigenvalue weighted by Gasteiger charge is -2.06. The fraction of sp³-hybridized carbons (Fsp3) is 0.250. The van der Waals surface area contributed by atoms with Crippen LogP contribution in [0.1, 0.15) is 11.3 Å². The Morgan fingerprint density at radius 1 is 1.26 bits per heavy atom. The van der Waals surface area contributed by atoms with E-state index in [1.54, 1.807) is 24.3 Å². The van der Waals surface area contributed by atoms with E-state index in [0.29, 0.717) is 11.3 Å². The molecule has 7 heteroatoms. The molecule has 0 atom stereocenters. The lowest BCUT2D eigenvalue weighted by molar-refractivity contribution is -0.141. The average Bonchev–Trinajstić information content (AvgIpc) is 2.83. The van der Waals surface area contributed by atoms with Crippen molar-refractivity contribution in [2.45, 2.75) is 12.8 Å². The summed E-state index contributed by atoms with van der Waals surface area (Å²) in [5.41, 5.74) is 0.0612. The average molecular weight is 272 g/mol. The molecule has 0 saturated heterocycles. The van der Waals surface area contributed by atoms with Crippen molar-refractivity contribution < 1.29 is 23.0 Å². The van der Waals surface area contributed by atoms with Crippen LogP contribution in [0.5, 0.6) is 5.88 Å². The van der Waals surface area contributed by atoms with Gasteiger partial charge in [0.05, 0.1) is 19.4 Å². The van der Waals surface area contributed by atoms with Crippen LogP contribution in [-0.4, -0.2) is 22.0 Å². The van der Waals surface area contributed by atoms with Crippen molar-refractivity contribution in [2.24, 2.45) is 0 Å². The molecular weight excluding hydrogens is 261 g/mol. The molecule has 0 amide bonds. The minimum atomic E-state index is -4.52.